The summed E-state index contributed by atoms with van der Waals surface area (Å²) in [7, 11) is -2.98. The molecular formula is C23H50NO3P. The molecule has 0 aromatic carbocycles. The van der Waals surface area contributed by atoms with E-state index >= 15 is 0 Å². The lowest BCUT2D eigenvalue weighted by atomic mass is 10.0. The summed E-state index contributed by atoms with van der Waals surface area (Å²) in [5, 5.41) is 0. The van der Waals surface area contributed by atoms with E-state index in [9.17, 15) is 4.57 Å². The van der Waals surface area contributed by atoms with Gasteiger partial charge in [0.2, 0.25) is 0 Å². The van der Waals surface area contributed by atoms with Crippen molar-refractivity contribution in [2.24, 2.45) is 11.8 Å². The van der Waals surface area contributed by atoms with E-state index in [2.05, 4.69) is 46.4 Å². The van der Waals surface area contributed by atoms with Crippen LogP contribution in [0.5, 0.6) is 0 Å². The van der Waals surface area contributed by atoms with Crippen molar-refractivity contribution in [2.45, 2.75) is 99.3 Å². The van der Waals surface area contributed by atoms with Gasteiger partial charge in [-0.25, -0.2) is 0 Å². The largest absolute Gasteiger partial charge is 0.330 e. The summed E-state index contributed by atoms with van der Waals surface area (Å²) in [4.78, 5) is 2.41. The maximum absolute atomic E-state index is 13.2. The van der Waals surface area contributed by atoms with E-state index in [0.717, 1.165) is 38.9 Å². The summed E-state index contributed by atoms with van der Waals surface area (Å²) < 4.78 is 24.9. The Labute approximate surface area is 176 Å². The number of hydrogen-bond acceptors (Lipinski definition) is 4. The first kappa shape index (κ1) is 28.1. The van der Waals surface area contributed by atoms with Crippen LogP contribution in [-0.4, -0.2) is 43.9 Å². The predicted octanol–water partition coefficient (Wildman–Crippen LogP) is 7.38. The Morgan fingerprint density at radius 2 is 1.39 bits per heavy atom. The number of nitrogens with zero attached hydrogens (tertiary/aromatic N) is 1. The second-order valence-electron chi connectivity index (χ2n) is 8.72. The molecule has 5 heteroatoms. The van der Waals surface area contributed by atoms with E-state index in [1.165, 1.54) is 38.5 Å². The van der Waals surface area contributed by atoms with Crippen LogP contribution in [0, 0.1) is 11.8 Å². The van der Waals surface area contributed by atoms with Crippen LogP contribution in [0.2, 0.25) is 0 Å². The molecule has 0 aliphatic heterocycles. The van der Waals surface area contributed by atoms with Crippen LogP contribution in [-0.2, 0) is 13.6 Å². The van der Waals surface area contributed by atoms with Crippen molar-refractivity contribution in [3.8, 4) is 0 Å². The fourth-order valence-electron chi connectivity index (χ4n) is 3.21. The maximum Gasteiger partial charge on any atom is 0.330 e. The molecule has 0 aromatic heterocycles. The highest BCUT2D eigenvalue weighted by Crippen LogP contribution is 2.49. The van der Waals surface area contributed by atoms with Gasteiger partial charge in [0.25, 0.3) is 0 Å². The van der Waals surface area contributed by atoms with Crippen molar-refractivity contribution in [1.82, 2.24) is 4.90 Å². The van der Waals surface area contributed by atoms with Crippen LogP contribution < -0.4 is 0 Å². The Kier molecular flexibility index (Phi) is 18.0. The first-order valence-electron chi connectivity index (χ1n) is 12.0. The molecule has 0 rings (SSSR count). The zero-order valence-electron chi connectivity index (χ0n) is 19.9. The molecule has 0 radical (unpaired) electrons. The Hall–Kier alpha value is 0.110. The topological polar surface area (TPSA) is 38.8 Å². The molecule has 0 aromatic rings. The summed E-state index contributed by atoms with van der Waals surface area (Å²) in [5.41, 5.74) is 0. The normalized spacial score (nSPS) is 15.3. The molecule has 0 fully saturated rings. The molecule has 28 heavy (non-hydrogen) atoms. The molecule has 0 heterocycles. The highest BCUT2D eigenvalue weighted by molar-refractivity contribution is 7.53. The molecule has 0 saturated heterocycles. The van der Waals surface area contributed by atoms with Gasteiger partial charge in [0.1, 0.15) is 0 Å². The first-order valence-corrected chi connectivity index (χ1v) is 13.7. The third-order valence-corrected chi connectivity index (χ3v) is 7.21. The van der Waals surface area contributed by atoms with Gasteiger partial charge in [-0.1, -0.05) is 80.1 Å². The van der Waals surface area contributed by atoms with Gasteiger partial charge in [0, 0.05) is 0 Å². The van der Waals surface area contributed by atoms with Crippen molar-refractivity contribution in [1.29, 1.82) is 0 Å². The zero-order valence-corrected chi connectivity index (χ0v) is 20.8. The standard InChI is InChI=1S/C23H50NO3P/c1-7-10-11-12-13-14-17-23(6)21-27-28(25,26-20-22(4)5)19-16-15-18-24(8-2)9-3/h22-23H,7-21H2,1-6H3. The molecule has 0 spiro atoms. The predicted molar refractivity (Wildman–Crippen MR) is 123 cm³/mol. The molecule has 0 bridgehead atoms. The minimum atomic E-state index is -2.98. The van der Waals surface area contributed by atoms with Crippen molar-refractivity contribution in [3.63, 3.8) is 0 Å². The molecule has 0 amide bonds. The van der Waals surface area contributed by atoms with E-state index in [0.29, 0.717) is 31.2 Å². The van der Waals surface area contributed by atoms with Crippen molar-refractivity contribution in [2.75, 3.05) is 39.0 Å². The highest BCUT2D eigenvalue weighted by atomic mass is 31.2. The van der Waals surface area contributed by atoms with Crippen molar-refractivity contribution >= 4 is 7.60 Å². The van der Waals surface area contributed by atoms with Gasteiger partial charge in [-0.05, 0) is 50.7 Å². The van der Waals surface area contributed by atoms with Crippen LogP contribution in [0.1, 0.15) is 99.3 Å². The molecule has 0 N–H and O–H groups in total. The Morgan fingerprint density at radius 1 is 0.786 bits per heavy atom. The quantitative estimate of drug-likeness (QED) is 0.152. The lowest BCUT2D eigenvalue weighted by molar-refractivity contribution is 0.166. The van der Waals surface area contributed by atoms with E-state index in [4.69, 9.17) is 9.05 Å². The second-order valence-corrected chi connectivity index (χ2v) is 10.9. The van der Waals surface area contributed by atoms with Crippen LogP contribution in [0.3, 0.4) is 0 Å². The van der Waals surface area contributed by atoms with Gasteiger partial charge in [-0.3, -0.25) is 4.57 Å². The van der Waals surface area contributed by atoms with Gasteiger partial charge in [0.15, 0.2) is 0 Å². The van der Waals surface area contributed by atoms with Crippen molar-refractivity contribution in [3.05, 3.63) is 0 Å². The Bertz CT molecular complexity index is 386. The second kappa shape index (κ2) is 17.9. The molecule has 2 atom stereocenters. The third-order valence-electron chi connectivity index (χ3n) is 5.26. The van der Waals surface area contributed by atoms with Gasteiger partial charge < -0.3 is 13.9 Å². The van der Waals surface area contributed by atoms with Gasteiger partial charge >= 0.3 is 7.60 Å². The molecule has 170 valence electrons. The van der Waals surface area contributed by atoms with E-state index in [1.54, 1.807) is 0 Å². The molecule has 0 saturated carbocycles. The van der Waals surface area contributed by atoms with E-state index in [1.807, 2.05) is 0 Å². The van der Waals surface area contributed by atoms with Crippen LogP contribution in [0.4, 0.5) is 0 Å². The molecular weight excluding hydrogens is 369 g/mol. The van der Waals surface area contributed by atoms with E-state index in [-0.39, 0.29) is 0 Å². The number of unbranched alkanes of at least 4 members (excludes halogenated alkanes) is 6. The Morgan fingerprint density at radius 3 is 2.00 bits per heavy atom. The summed E-state index contributed by atoms with van der Waals surface area (Å²) in [6, 6.07) is 0. The molecule has 4 nitrogen and oxygen atoms in total. The summed E-state index contributed by atoms with van der Waals surface area (Å²) in [5.74, 6) is 0.811. The minimum absolute atomic E-state index is 0.369. The monoisotopic (exact) mass is 419 g/mol. The minimum Gasteiger partial charge on any atom is -0.308 e. The molecule has 0 aliphatic rings. The molecule has 2 unspecified atom stereocenters. The fraction of sp³-hybridized carbons (Fsp3) is 1.00. The number of hydrogen-bond donors (Lipinski definition) is 0. The Balaban J connectivity index is 4.24. The summed E-state index contributed by atoms with van der Waals surface area (Å²) >= 11 is 0. The van der Waals surface area contributed by atoms with Crippen LogP contribution >= 0.6 is 7.60 Å². The lowest BCUT2D eigenvalue weighted by Gasteiger charge is -2.23. The number of rotatable bonds is 20. The highest BCUT2D eigenvalue weighted by Gasteiger charge is 2.25. The fourth-order valence-corrected chi connectivity index (χ4v) is 5.16. The van der Waals surface area contributed by atoms with Crippen LogP contribution in [0.15, 0.2) is 0 Å². The summed E-state index contributed by atoms with van der Waals surface area (Å²) in [6.07, 6.45) is 11.5. The average molecular weight is 420 g/mol. The van der Waals surface area contributed by atoms with Crippen molar-refractivity contribution < 1.29 is 13.6 Å². The average Bonchev–Trinajstić information content (AvgIpc) is 2.68. The molecule has 0 aliphatic carbocycles. The lowest BCUT2D eigenvalue weighted by Crippen LogP contribution is -2.24. The van der Waals surface area contributed by atoms with E-state index < -0.39 is 7.60 Å². The summed E-state index contributed by atoms with van der Waals surface area (Å²) in [6.45, 7) is 17.3. The third kappa shape index (κ3) is 16.0. The van der Waals surface area contributed by atoms with Gasteiger partial charge in [-0.15, -0.1) is 0 Å². The SMILES string of the molecule is CCCCCCCCC(C)COP(=O)(CCCCN(CC)CC)OCC(C)C. The first-order chi connectivity index (χ1) is 13.4. The zero-order chi connectivity index (χ0) is 21.3. The van der Waals surface area contributed by atoms with Gasteiger partial charge in [0.05, 0.1) is 19.4 Å². The smallest absolute Gasteiger partial charge is 0.308 e. The van der Waals surface area contributed by atoms with Crippen LogP contribution in [0.25, 0.3) is 0 Å². The maximum atomic E-state index is 13.2. The van der Waals surface area contributed by atoms with Gasteiger partial charge in [-0.2, -0.15) is 0 Å².